The van der Waals surface area contributed by atoms with Gasteiger partial charge in [0.2, 0.25) is 10.0 Å². The van der Waals surface area contributed by atoms with E-state index in [-0.39, 0.29) is 28.9 Å². The lowest BCUT2D eigenvalue weighted by Crippen LogP contribution is -2.33. The summed E-state index contributed by atoms with van der Waals surface area (Å²) in [6.07, 6.45) is 3.32. The third kappa shape index (κ3) is 5.68. The fraction of sp³-hybridized carbons (Fsp3) is 0.579. The van der Waals surface area contributed by atoms with Crippen molar-refractivity contribution in [3.8, 4) is 5.75 Å². The summed E-state index contributed by atoms with van der Waals surface area (Å²) in [5.74, 6) is -0.940. The molecule has 28 heavy (non-hydrogen) atoms. The van der Waals surface area contributed by atoms with Gasteiger partial charge in [-0.25, -0.2) is 8.42 Å². The maximum atomic E-state index is 13.1. The van der Waals surface area contributed by atoms with Gasteiger partial charge < -0.3 is 14.8 Å². The second-order valence-electron chi connectivity index (χ2n) is 6.91. The zero-order valence-electron chi connectivity index (χ0n) is 16.6. The number of hydrogen-bond donors (Lipinski definition) is 1. The molecule has 0 radical (unpaired) electrons. The summed E-state index contributed by atoms with van der Waals surface area (Å²) in [4.78, 5) is 23.9. The van der Waals surface area contributed by atoms with E-state index in [0.29, 0.717) is 13.1 Å². The molecule has 0 aromatic heterocycles. The number of benzene rings is 1. The van der Waals surface area contributed by atoms with Gasteiger partial charge >= 0.3 is 5.97 Å². The smallest absolute Gasteiger partial charge is 0.325 e. The van der Waals surface area contributed by atoms with Crippen LogP contribution in [0.3, 0.4) is 0 Å². The van der Waals surface area contributed by atoms with Crippen molar-refractivity contribution in [3.63, 3.8) is 0 Å². The SMILES string of the molecule is COc1ccc(C(=O)NCC(=O)OC(C)C)cc1S(=O)(=O)N1CCCCCC1. The van der Waals surface area contributed by atoms with Gasteiger partial charge in [-0.2, -0.15) is 4.31 Å². The molecule has 1 aliphatic heterocycles. The zero-order valence-corrected chi connectivity index (χ0v) is 17.4. The first-order valence-electron chi connectivity index (χ1n) is 9.41. The Morgan fingerprint density at radius 2 is 1.79 bits per heavy atom. The van der Waals surface area contributed by atoms with Gasteiger partial charge in [-0.1, -0.05) is 12.8 Å². The maximum absolute atomic E-state index is 13.1. The van der Waals surface area contributed by atoms with Crippen LogP contribution in [0.1, 0.15) is 49.9 Å². The van der Waals surface area contributed by atoms with Crippen LogP contribution >= 0.6 is 0 Å². The third-order valence-corrected chi connectivity index (χ3v) is 6.29. The monoisotopic (exact) mass is 412 g/mol. The summed E-state index contributed by atoms with van der Waals surface area (Å²) >= 11 is 0. The molecule has 8 nitrogen and oxygen atoms in total. The van der Waals surface area contributed by atoms with Crippen molar-refractivity contribution in [2.45, 2.75) is 50.5 Å². The second-order valence-corrected chi connectivity index (χ2v) is 8.81. The predicted molar refractivity (Wildman–Crippen MR) is 104 cm³/mol. The van der Waals surface area contributed by atoms with Crippen molar-refractivity contribution < 1.29 is 27.5 Å². The fourth-order valence-electron chi connectivity index (χ4n) is 3.00. The number of carbonyl (C=O) groups is 2. The molecule has 156 valence electrons. The van der Waals surface area contributed by atoms with Crippen LogP contribution in [0.4, 0.5) is 0 Å². The fourth-order valence-corrected chi connectivity index (χ4v) is 4.70. The van der Waals surface area contributed by atoms with Gasteiger partial charge in [-0.3, -0.25) is 9.59 Å². The van der Waals surface area contributed by atoms with Crippen molar-refractivity contribution in [1.82, 2.24) is 9.62 Å². The molecule has 1 aromatic rings. The van der Waals surface area contributed by atoms with Gasteiger partial charge in [-0.15, -0.1) is 0 Å². The molecule has 1 fully saturated rings. The first-order chi connectivity index (χ1) is 13.3. The minimum atomic E-state index is -3.79. The average molecular weight is 413 g/mol. The lowest BCUT2D eigenvalue weighted by molar-refractivity contribution is -0.146. The van der Waals surface area contributed by atoms with E-state index in [0.717, 1.165) is 25.7 Å². The van der Waals surface area contributed by atoms with Crippen LogP contribution in [0.2, 0.25) is 0 Å². The van der Waals surface area contributed by atoms with E-state index in [1.807, 2.05) is 0 Å². The van der Waals surface area contributed by atoms with Crippen molar-refractivity contribution in [2.75, 3.05) is 26.7 Å². The van der Waals surface area contributed by atoms with Gasteiger partial charge in [0.05, 0.1) is 13.2 Å². The molecule has 1 N–H and O–H groups in total. The summed E-state index contributed by atoms with van der Waals surface area (Å²) in [5.41, 5.74) is 0.131. The highest BCUT2D eigenvalue weighted by Gasteiger charge is 2.29. The van der Waals surface area contributed by atoms with E-state index in [1.165, 1.54) is 29.6 Å². The van der Waals surface area contributed by atoms with Crippen molar-refractivity contribution in [3.05, 3.63) is 23.8 Å². The molecular formula is C19H28N2O6S. The van der Waals surface area contributed by atoms with Gasteiger partial charge in [0, 0.05) is 18.7 Å². The van der Waals surface area contributed by atoms with Gasteiger partial charge in [-0.05, 0) is 44.9 Å². The Balaban J connectivity index is 2.23. The summed E-state index contributed by atoms with van der Waals surface area (Å²) in [7, 11) is -2.41. The molecule has 0 atom stereocenters. The number of sulfonamides is 1. The Labute approximate surface area is 166 Å². The molecule has 0 aliphatic carbocycles. The van der Waals surface area contributed by atoms with Crippen LogP contribution in [0, 0.1) is 0 Å². The molecule has 1 heterocycles. The van der Waals surface area contributed by atoms with Gasteiger partial charge in [0.25, 0.3) is 5.91 Å². The Bertz CT molecular complexity index is 799. The lowest BCUT2D eigenvalue weighted by Gasteiger charge is -2.21. The van der Waals surface area contributed by atoms with E-state index < -0.39 is 21.9 Å². The average Bonchev–Trinajstić information content (AvgIpc) is 2.95. The number of nitrogens with one attached hydrogen (secondary N) is 1. The minimum absolute atomic E-state index is 0.0469. The molecule has 1 saturated heterocycles. The van der Waals surface area contributed by atoms with Crippen LogP contribution in [-0.2, 0) is 19.6 Å². The van der Waals surface area contributed by atoms with Crippen LogP contribution in [-0.4, -0.2) is 57.4 Å². The first-order valence-corrected chi connectivity index (χ1v) is 10.9. The van der Waals surface area contributed by atoms with Crippen LogP contribution in [0.5, 0.6) is 5.75 Å². The number of amides is 1. The van der Waals surface area contributed by atoms with Crippen molar-refractivity contribution >= 4 is 21.9 Å². The highest BCUT2D eigenvalue weighted by atomic mass is 32.2. The number of nitrogens with zero attached hydrogens (tertiary/aromatic N) is 1. The van der Waals surface area contributed by atoms with Crippen LogP contribution in [0.15, 0.2) is 23.1 Å². The summed E-state index contributed by atoms with van der Waals surface area (Å²) in [6.45, 7) is 4.02. The summed E-state index contributed by atoms with van der Waals surface area (Å²) in [6, 6.07) is 4.21. The van der Waals surface area contributed by atoms with Gasteiger partial charge in [0.15, 0.2) is 0 Å². The topological polar surface area (TPSA) is 102 Å². The third-order valence-electron chi connectivity index (χ3n) is 4.37. The van der Waals surface area contributed by atoms with E-state index in [1.54, 1.807) is 13.8 Å². The minimum Gasteiger partial charge on any atom is -0.495 e. The van der Waals surface area contributed by atoms with E-state index >= 15 is 0 Å². The second kappa shape index (κ2) is 9.88. The summed E-state index contributed by atoms with van der Waals surface area (Å²) < 4.78 is 37.9. The maximum Gasteiger partial charge on any atom is 0.325 e. The molecular weight excluding hydrogens is 384 g/mol. The zero-order chi connectivity index (χ0) is 20.7. The number of methoxy groups -OCH3 is 1. The van der Waals surface area contributed by atoms with Gasteiger partial charge in [0.1, 0.15) is 17.2 Å². The molecule has 9 heteroatoms. The molecule has 0 bridgehead atoms. The Kier molecular flexibility index (Phi) is 7.82. The Hall–Kier alpha value is -2.13. The van der Waals surface area contributed by atoms with Crippen molar-refractivity contribution in [1.29, 1.82) is 0 Å². The normalized spacial score (nSPS) is 15.7. The molecule has 1 amide bonds. The van der Waals surface area contributed by atoms with Crippen LogP contribution in [0.25, 0.3) is 0 Å². The predicted octanol–water partition coefficient (Wildman–Crippen LogP) is 1.94. The molecule has 0 unspecified atom stereocenters. The van der Waals surface area contributed by atoms with Crippen molar-refractivity contribution in [2.24, 2.45) is 0 Å². The lowest BCUT2D eigenvalue weighted by atomic mass is 10.2. The first kappa shape index (κ1) is 22.2. The molecule has 0 saturated carbocycles. The quantitative estimate of drug-likeness (QED) is 0.687. The molecule has 1 aromatic carbocycles. The Morgan fingerprint density at radius 3 is 2.36 bits per heavy atom. The number of esters is 1. The van der Waals surface area contributed by atoms with Crippen LogP contribution < -0.4 is 10.1 Å². The molecule has 0 spiro atoms. The van der Waals surface area contributed by atoms with E-state index in [9.17, 15) is 18.0 Å². The number of carbonyl (C=O) groups excluding carboxylic acids is 2. The molecule has 2 rings (SSSR count). The number of hydrogen-bond acceptors (Lipinski definition) is 6. The standard InChI is InChI=1S/C19H28N2O6S/c1-14(2)27-18(22)13-20-19(23)15-8-9-16(26-3)17(12-15)28(24,25)21-10-6-4-5-7-11-21/h8-9,12,14H,4-7,10-11,13H2,1-3H3,(H,20,23). The molecule has 1 aliphatic rings. The summed E-state index contributed by atoms with van der Waals surface area (Å²) in [5, 5.41) is 2.45. The highest BCUT2D eigenvalue weighted by Crippen LogP contribution is 2.29. The van der Waals surface area contributed by atoms with E-state index in [2.05, 4.69) is 5.32 Å². The largest absolute Gasteiger partial charge is 0.495 e. The van der Waals surface area contributed by atoms with E-state index in [4.69, 9.17) is 9.47 Å². The highest BCUT2D eigenvalue weighted by molar-refractivity contribution is 7.89. The number of rotatable bonds is 7. The Morgan fingerprint density at radius 1 is 1.14 bits per heavy atom. The number of ether oxygens (including phenoxy) is 2.